The molecule has 3 rings (SSSR count). The Labute approximate surface area is 143 Å². The van der Waals surface area contributed by atoms with Gasteiger partial charge >= 0.3 is 0 Å². The Bertz CT molecular complexity index is 838. The van der Waals surface area contributed by atoms with Crippen LogP contribution in [0, 0.1) is 9.39 Å². The second-order valence-electron chi connectivity index (χ2n) is 4.56. The van der Waals surface area contributed by atoms with E-state index in [1.54, 1.807) is 6.07 Å². The molecule has 0 heterocycles. The Kier molecular flexibility index (Phi) is 4.03. The highest BCUT2D eigenvalue weighted by molar-refractivity contribution is 14.1. The second-order valence-corrected chi connectivity index (χ2v) is 6.64. The molecule has 0 aromatic heterocycles. The van der Waals surface area contributed by atoms with Crippen LogP contribution in [0.25, 0.3) is 10.8 Å². The van der Waals surface area contributed by atoms with Crippen LogP contribution < -0.4 is 10.5 Å². The van der Waals surface area contributed by atoms with Gasteiger partial charge in [0.05, 0.1) is 9.26 Å². The van der Waals surface area contributed by atoms with Gasteiger partial charge in [0.15, 0.2) is 5.75 Å². The summed E-state index contributed by atoms with van der Waals surface area (Å²) in [6.45, 7) is 0. The van der Waals surface area contributed by atoms with E-state index < -0.39 is 0 Å². The molecule has 0 saturated heterocycles. The molecule has 3 aromatic carbocycles. The predicted molar refractivity (Wildman–Crippen MR) is 95.3 cm³/mol. The van der Waals surface area contributed by atoms with E-state index in [9.17, 15) is 4.39 Å². The van der Waals surface area contributed by atoms with Crippen molar-refractivity contribution in [3.8, 4) is 11.5 Å². The Morgan fingerprint density at radius 2 is 1.71 bits per heavy atom. The van der Waals surface area contributed by atoms with E-state index in [1.165, 1.54) is 6.07 Å². The fraction of sp³-hybridized carbons (Fsp3) is 0. The van der Waals surface area contributed by atoms with Gasteiger partial charge in [-0.1, -0.05) is 28.1 Å². The summed E-state index contributed by atoms with van der Waals surface area (Å²) in [5.74, 6) is 0.603. The van der Waals surface area contributed by atoms with Gasteiger partial charge in [-0.25, -0.2) is 4.39 Å². The highest BCUT2D eigenvalue weighted by Gasteiger charge is 2.08. The van der Waals surface area contributed by atoms with Crippen molar-refractivity contribution in [2.24, 2.45) is 0 Å². The molecule has 0 atom stereocenters. The molecule has 106 valence electrons. The van der Waals surface area contributed by atoms with Crippen LogP contribution in [0.2, 0.25) is 0 Å². The minimum atomic E-state index is -0.343. The van der Waals surface area contributed by atoms with Gasteiger partial charge in [0, 0.05) is 10.5 Å². The lowest BCUT2D eigenvalue weighted by Gasteiger charge is -2.10. The van der Waals surface area contributed by atoms with Crippen LogP contribution in [0.5, 0.6) is 11.5 Å². The zero-order chi connectivity index (χ0) is 15.0. The molecule has 0 bridgehead atoms. The van der Waals surface area contributed by atoms with Gasteiger partial charge in [0.25, 0.3) is 0 Å². The molecule has 0 saturated carbocycles. The molecule has 3 aromatic rings. The molecule has 0 aliphatic heterocycles. The lowest BCUT2D eigenvalue weighted by molar-refractivity contribution is 0.479. The van der Waals surface area contributed by atoms with Crippen molar-refractivity contribution in [1.29, 1.82) is 0 Å². The number of nitrogens with two attached hydrogens (primary N) is 1. The number of ether oxygens (including phenoxy) is 1. The maximum Gasteiger partial charge on any atom is 0.153 e. The van der Waals surface area contributed by atoms with Gasteiger partial charge in [-0.05, 0) is 63.7 Å². The largest absolute Gasteiger partial charge is 0.455 e. The summed E-state index contributed by atoms with van der Waals surface area (Å²) in [5.41, 5.74) is 6.28. The van der Waals surface area contributed by atoms with Crippen molar-refractivity contribution in [3.63, 3.8) is 0 Å². The van der Waals surface area contributed by atoms with E-state index >= 15 is 0 Å². The molecule has 5 heteroatoms. The predicted octanol–water partition coefficient (Wildman–Crippen LogP) is 5.72. The van der Waals surface area contributed by atoms with Gasteiger partial charge in [-0.3, -0.25) is 0 Å². The smallest absolute Gasteiger partial charge is 0.153 e. The highest BCUT2D eigenvalue weighted by atomic mass is 127. The number of halogens is 3. The third-order valence-electron chi connectivity index (χ3n) is 3.05. The molecular formula is C16H10BrFINO. The molecule has 2 N–H and O–H groups in total. The molecule has 0 unspecified atom stereocenters. The zero-order valence-corrected chi connectivity index (χ0v) is 14.5. The molecule has 0 radical (unpaired) electrons. The minimum Gasteiger partial charge on any atom is -0.455 e. The van der Waals surface area contributed by atoms with E-state index in [1.807, 2.05) is 59.0 Å². The Morgan fingerprint density at radius 1 is 1.00 bits per heavy atom. The fourth-order valence-corrected chi connectivity index (χ4v) is 2.89. The summed E-state index contributed by atoms with van der Waals surface area (Å²) in [4.78, 5) is 0. The first-order chi connectivity index (χ1) is 10.0. The Morgan fingerprint density at radius 3 is 2.52 bits per heavy atom. The highest BCUT2D eigenvalue weighted by Crippen LogP contribution is 2.32. The number of nitrogen functional groups attached to an aromatic ring is 1. The summed E-state index contributed by atoms with van der Waals surface area (Å²) in [7, 11) is 0. The van der Waals surface area contributed by atoms with Crippen molar-refractivity contribution in [1.82, 2.24) is 0 Å². The van der Waals surface area contributed by atoms with Gasteiger partial charge < -0.3 is 10.5 Å². The standard InChI is InChI=1S/C16H10BrFINO/c17-11-3-1-10-6-12(4-2-9(10)5-11)21-16-7-13(18)14(19)8-15(16)20/h1-8H,20H2. The quantitative estimate of drug-likeness (QED) is 0.394. The van der Waals surface area contributed by atoms with Gasteiger partial charge in [0.1, 0.15) is 11.6 Å². The number of hydrogen-bond donors (Lipinski definition) is 1. The van der Waals surface area contributed by atoms with Crippen LogP contribution >= 0.6 is 38.5 Å². The maximum atomic E-state index is 13.6. The Balaban J connectivity index is 1.98. The number of rotatable bonds is 2. The van der Waals surface area contributed by atoms with Gasteiger partial charge in [-0.15, -0.1) is 0 Å². The van der Waals surface area contributed by atoms with Gasteiger partial charge in [0.2, 0.25) is 0 Å². The van der Waals surface area contributed by atoms with E-state index in [2.05, 4.69) is 15.9 Å². The van der Waals surface area contributed by atoms with Crippen LogP contribution in [-0.4, -0.2) is 0 Å². The van der Waals surface area contributed by atoms with Crippen molar-refractivity contribution in [2.45, 2.75) is 0 Å². The SMILES string of the molecule is Nc1cc(I)c(F)cc1Oc1ccc2cc(Br)ccc2c1. The zero-order valence-electron chi connectivity index (χ0n) is 10.7. The van der Waals surface area contributed by atoms with Gasteiger partial charge in [-0.2, -0.15) is 0 Å². The lowest BCUT2D eigenvalue weighted by atomic mass is 10.1. The van der Waals surface area contributed by atoms with Crippen molar-refractivity contribution in [2.75, 3.05) is 5.73 Å². The lowest BCUT2D eigenvalue weighted by Crippen LogP contribution is -1.95. The normalized spacial score (nSPS) is 10.8. The van der Waals surface area contributed by atoms with Crippen molar-refractivity contribution in [3.05, 3.63) is 62.4 Å². The first kappa shape index (κ1) is 14.6. The number of benzene rings is 3. The molecule has 0 spiro atoms. The molecule has 0 aliphatic rings. The average Bonchev–Trinajstić information content (AvgIpc) is 2.45. The summed E-state index contributed by atoms with van der Waals surface area (Å²) >= 11 is 5.34. The summed E-state index contributed by atoms with van der Waals surface area (Å²) in [6.07, 6.45) is 0. The fourth-order valence-electron chi connectivity index (χ4n) is 2.02. The van der Waals surface area contributed by atoms with Crippen LogP contribution in [-0.2, 0) is 0 Å². The number of anilines is 1. The molecular weight excluding hydrogens is 448 g/mol. The molecule has 0 amide bonds. The third-order valence-corrected chi connectivity index (χ3v) is 4.37. The van der Waals surface area contributed by atoms with Crippen LogP contribution in [0.4, 0.5) is 10.1 Å². The van der Waals surface area contributed by atoms with E-state index in [-0.39, 0.29) is 5.82 Å². The summed E-state index contributed by atoms with van der Waals surface area (Å²) in [5, 5.41) is 2.14. The first-order valence-electron chi connectivity index (χ1n) is 6.14. The van der Waals surface area contributed by atoms with E-state index in [4.69, 9.17) is 10.5 Å². The maximum absolute atomic E-state index is 13.6. The number of hydrogen-bond acceptors (Lipinski definition) is 2. The van der Waals surface area contributed by atoms with Crippen LogP contribution in [0.3, 0.4) is 0 Å². The number of fused-ring (bicyclic) bond motifs is 1. The average molecular weight is 458 g/mol. The Hall–Kier alpha value is -1.34. The summed E-state index contributed by atoms with van der Waals surface area (Å²) in [6, 6.07) is 14.5. The monoisotopic (exact) mass is 457 g/mol. The van der Waals surface area contributed by atoms with Crippen LogP contribution in [0.1, 0.15) is 0 Å². The second kappa shape index (κ2) is 5.81. The van der Waals surface area contributed by atoms with Crippen molar-refractivity contribution >= 4 is 55.0 Å². The van der Waals surface area contributed by atoms with E-state index in [0.717, 1.165) is 15.2 Å². The first-order valence-corrected chi connectivity index (χ1v) is 8.02. The van der Waals surface area contributed by atoms with E-state index in [0.29, 0.717) is 20.8 Å². The van der Waals surface area contributed by atoms with Crippen LogP contribution in [0.15, 0.2) is 53.0 Å². The molecule has 0 fully saturated rings. The minimum absolute atomic E-state index is 0.323. The summed E-state index contributed by atoms with van der Waals surface area (Å²) < 4.78 is 20.8. The molecule has 21 heavy (non-hydrogen) atoms. The third kappa shape index (κ3) is 3.13. The molecule has 0 aliphatic carbocycles. The topological polar surface area (TPSA) is 35.2 Å². The van der Waals surface area contributed by atoms with Crippen molar-refractivity contribution < 1.29 is 9.13 Å². The molecule has 2 nitrogen and oxygen atoms in total.